The number of carbonyl (C=O) groups excluding carboxylic acids is 1. The smallest absolute Gasteiger partial charge is 0.328 e. The lowest BCUT2D eigenvalue weighted by atomic mass is 9.99. The van der Waals surface area contributed by atoms with Crippen molar-refractivity contribution in [3.05, 3.63) is 53.9 Å². The van der Waals surface area contributed by atoms with Crippen molar-refractivity contribution >= 4 is 28.4 Å². The summed E-state index contributed by atoms with van der Waals surface area (Å²) < 4.78 is 9.87. The van der Waals surface area contributed by atoms with Crippen molar-refractivity contribution in [1.82, 2.24) is 19.2 Å². The Balaban J connectivity index is 1.31. The molecular weight excluding hydrogens is 412 g/mol. The highest BCUT2D eigenvalue weighted by Crippen LogP contribution is 2.32. The van der Waals surface area contributed by atoms with Crippen LogP contribution in [0.2, 0.25) is 0 Å². The zero-order chi connectivity index (χ0) is 21.0. The average Bonchev–Trinajstić information content (AvgIpc) is 3.30. The Labute approximate surface area is 185 Å². The quantitative estimate of drug-likeness (QED) is 0.638. The number of nitrogens with one attached hydrogen (secondary N) is 1. The molecule has 8 nitrogen and oxygen atoms in total. The number of fused-ring (bicyclic) bond motifs is 1. The van der Waals surface area contributed by atoms with Gasteiger partial charge >= 0.3 is 6.03 Å². The van der Waals surface area contributed by atoms with E-state index in [1.54, 1.807) is 17.3 Å². The van der Waals surface area contributed by atoms with Gasteiger partial charge in [0.2, 0.25) is 5.13 Å². The average molecular weight is 437 g/mol. The van der Waals surface area contributed by atoms with Gasteiger partial charge in [0.25, 0.3) is 0 Å². The molecule has 1 saturated heterocycles. The number of rotatable bonds is 6. The predicted octanol–water partition coefficient (Wildman–Crippen LogP) is 3.42. The fourth-order valence-corrected chi connectivity index (χ4v) is 4.69. The molecule has 9 heteroatoms. The van der Waals surface area contributed by atoms with Crippen molar-refractivity contribution in [2.45, 2.75) is 19.4 Å². The van der Waals surface area contributed by atoms with Crippen LogP contribution >= 0.6 is 11.5 Å². The molecule has 31 heavy (non-hydrogen) atoms. The van der Waals surface area contributed by atoms with Crippen LogP contribution in [-0.4, -0.2) is 58.1 Å². The molecule has 0 spiro atoms. The molecule has 0 radical (unpaired) electrons. The number of urea groups is 1. The van der Waals surface area contributed by atoms with Gasteiger partial charge in [-0.25, -0.2) is 4.79 Å². The van der Waals surface area contributed by atoms with Crippen LogP contribution in [0.15, 0.2) is 42.7 Å². The number of anilines is 2. The maximum absolute atomic E-state index is 12.8. The van der Waals surface area contributed by atoms with Crippen molar-refractivity contribution in [2.75, 3.05) is 43.1 Å². The number of aromatic nitrogens is 3. The zero-order valence-corrected chi connectivity index (χ0v) is 18.0. The van der Waals surface area contributed by atoms with Gasteiger partial charge in [-0.3, -0.25) is 14.8 Å². The summed E-state index contributed by atoms with van der Waals surface area (Å²) in [6.45, 7) is 5.23. The Morgan fingerprint density at radius 1 is 1.13 bits per heavy atom. The molecule has 2 aliphatic rings. The van der Waals surface area contributed by atoms with E-state index in [4.69, 9.17) is 4.74 Å². The first kappa shape index (κ1) is 20.0. The first-order valence-electron chi connectivity index (χ1n) is 10.5. The molecular formula is C22H24N6O2S. The normalized spacial score (nSPS) is 16.8. The Morgan fingerprint density at radius 2 is 1.97 bits per heavy atom. The van der Waals surface area contributed by atoms with Gasteiger partial charge in [0.1, 0.15) is 0 Å². The molecule has 0 saturated carbocycles. The number of hydrogen-bond acceptors (Lipinski definition) is 7. The molecule has 0 atom stereocenters. The highest BCUT2D eigenvalue weighted by Gasteiger charge is 2.28. The van der Waals surface area contributed by atoms with Crippen molar-refractivity contribution < 1.29 is 9.53 Å². The van der Waals surface area contributed by atoms with Crippen LogP contribution in [0.3, 0.4) is 0 Å². The van der Waals surface area contributed by atoms with E-state index >= 15 is 0 Å². The maximum atomic E-state index is 12.8. The summed E-state index contributed by atoms with van der Waals surface area (Å²) in [5, 5.41) is 3.62. The molecule has 1 fully saturated rings. The van der Waals surface area contributed by atoms with Gasteiger partial charge in [-0.1, -0.05) is 12.1 Å². The van der Waals surface area contributed by atoms with E-state index in [0.29, 0.717) is 17.5 Å². The standard InChI is InChI=1S/C22H24N6O2S/c29-21-24-19-5-1-3-16(4-2-10-27-11-13-30-14-12-27)18(19)15-28(21)22-25-20(26-31-22)17-6-8-23-9-7-17/h1,3,5-9H,2,4,10-15H2,(H,24,29). The van der Waals surface area contributed by atoms with Gasteiger partial charge in [0.05, 0.1) is 19.8 Å². The van der Waals surface area contributed by atoms with Gasteiger partial charge in [-0.05, 0) is 48.7 Å². The molecule has 0 aliphatic carbocycles. The van der Waals surface area contributed by atoms with Crippen LogP contribution in [0, 0.1) is 0 Å². The Bertz CT molecular complexity index is 1050. The number of morpholine rings is 1. The second-order valence-corrected chi connectivity index (χ2v) is 8.38. The van der Waals surface area contributed by atoms with E-state index in [1.807, 2.05) is 24.3 Å². The number of nitrogens with zero attached hydrogens (tertiary/aromatic N) is 5. The van der Waals surface area contributed by atoms with Crippen molar-refractivity contribution in [3.63, 3.8) is 0 Å². The maximum Gasteiger partial charge on any atom is 0.328 e. The molecule has 2 aromatic heterocycles. The Kier molecular flexibility index (Phi) is 5.88. The summed E-state index contributed by atoms with van der Waals surface area (Å²) in [5.41, 5.74) is 4.21. The van der Waals surface area contributed by atoms with Crippen molar-refractivity contribution in [1.29, 1.82) is 0 Å². The number of carbonyl (C=O) groups is 1. The van der Waals surface area contributed by atoms with Crippen molar-refractivity contribution in [2.24, 2.45) is 0 Å². The molecule has 0 unspecified atom stereocenters. The van der Waals surface area contributed by atoms with Gasteiger partial charge < -0.3 is 10.1 Å². The number of aryl methyl sites for hydroxylation is 1. The monoisotopic (exact) mass is 436 g/mol. The summed E-state index contributed by atoms with van der Waals surface area (Å²) in [6, 6.07) is 9.71. The minimum absolute atomic E-state index is 0.171. The predicted molar refractivity (Wildman–Crippen MR) is 120 cm³/mol. The molecule has 2 amide bonds. The van der Waals surface area contributed by atoms with Gasteiger partial charge in [0, 0.05) is 48.3 Å². The third-order valence-corrected chi connectivity index (χ3v) is 6.42. The summed E-state index contributed by atoms with van der Waals surface area (Å²) in [7, 11) is 0. The molecule has 160 valence electrons. The molecule has 1 aromatic carbocycles. The number of hydrogen-bond donors (Lipinski definition) is 1. The summed E-state index contributed by atoms with van der Waals surface area (Å²) in [6.07, 6.45) is 5.48. The highest BCUT2D eigenvalue weighted by molar-refractivity contribution is 7.10. The van der Waals surface area contributed by atoms with E-state index in [9.17, 15) is 4.79 Å². The lowest BCUT2D eigenvalue weighted by Gasteiger charge is -2.29. The third kappa shape index (κ3) is 4.43. The number of amides is 2. The lowest BCUT2D eigenvalue weighted by molar-refractivity contribution is 0.0374. The Hall–Kier alpha value is -2.88. The second kappa shape index (κ2) is 9.09. The summed E-state index contributed by atoms with van der Waals surface area (Å²) >= 11 is 1.24. The second-order valence-electron chi connectivity index (χ2n) is 7.65. The highest BCUT2D eigenvalue weighted by atomic mass is 32.1. The van der Waals surface area contributed by atoms with Crippen LogP contribution in [0.5, 0.6) is 0 Å². The van der Waals surface area contributed by atoms with E-state index < -0.39 is 0 Å². The van der Waals surface area contributed by atoms with Crippen LogP contribution in [0.1, 0.15) is 17.5 Å². The number of ether oxygens (including phenoxy) is 1. The molecule has 4 heterocycles. The number of pyridine rings is 1. The van der Waals surface area contributed by atoms with E-state index in [2.05, 4.69) is 30.6 Å². The molecule has 5 rings (SSSR count). The Morgan fingerprint density at radius 3 is 2.81 bits per heavy atom. The first-order chi connectivity index (χ1) is 15.3. The minimum atomic E-state index is -0.171. The molecule has 3 aromatic rings. The van der Waals surface area contributed by atoms with Crippen LogP contribution < -0.4 is 10.2 Å². The van der Waals surface area contributed by atoms with E-state index in [0.717, 1.165) is 62.5 Å². The first-order valence-corrected chi connectivity index (χ1v) is 11.3. The number of benzene rings is 1. The molecule has 1 N–H and O–H groups in total. The minimum Gasteiger partial charge on any atom is -0.379 e. The summed E-state index contributed by atoms with van der Waals surface area (Å²) in [4.78, 5) is 25.5. The SMILES string of the molecule is O=C1Nc2cccc(CCCN3CCOCC3)c2CN1c1nc(-c2ccncc2)ns1. The zero-order valence-electron chi connectivity index (χ0n) is 17.2. The van der Waals surface area contributed by atoms with Crippen LogP contribution in [-0.2, 0) is 17.7 Å². The largest absolute Gasteiger partial charge is 0.379 e. The lowest BCUT2D eigenvalue weighted by Crippen LogP contribution is -2.39. The van der Waals surface area contributed by atoms with Crippen LogP contribution in [0.4, 0.5) is 15.6 Å². The molecule has 0 bridgehead atoms. The topological polar surface area (TPSA) is 83.5 Å². The van der Waals surface area contributed by atoms with Gasteiger partial charge in [-0.2, -0.15) is 9.36 Å². The van der Waals surface area contributed by atoms with Gasteiger partial charge in [-0.15, -0.1) is 0 Å². The van der Waals surface area contributed by atoms with Gasteiger partial charge in [0.15, 0.2) is 5.82 Å². The van der Waals surface area contributed by atoms with E-state index in [-0.39, 0.29) is 6.03 Å². The van der Waals surface area contributed by atoms with Crippen molar-refractivity contribution in [3.8, 4) is 11.4 Å². The summed E-state index contributed by atoms with van der Waals surface area (Å²) in [5.74, 6) is 0.611. The van der Waals surface area contributed by atoms with Crippen LogP contribution in [0.25, 0.3) is 11.4 Å². The third-order valence-electron chi connectivity index (χ3n) is 5.68. The fourth-order valence-electron chi connectivity index (χ4n) is 4.00. The molecule has 2 aliphatic heterocycles. The van der Waals surface area contributed by atoms with E-state index in [1.165, 1.54) is 17.1 Å². The fraction of sp³-hybridized carbons (Fsp3) is 0.364.